The first kappa shape index (κ1) is 23.0. The maximum Gasteiger partial charge on any atom is 0.251 e. The summed E-state index contributed by atoms with van der Waals surface area (Å²) in [7, 11) is 0. The van der Waals surface area contributed by atoms with Crippen LogP contribution in [-0.2, 0) is 13.1 Å². The molecule has 0 spiro atoms. The molecule has 0 aromatic heterocycles. The Hall–Kier alpha value is -2.09. The van der Waals surface area contributed by atoms with Gasteiger partial charge in [0.1, 0.15) is 0 Å². The molecule has 0 atom stereocenters. The standard InChI is InChI=1S/C21H28N4O.HI/c1-4-22-20(26)19-11-7-10-18(13-19)15-25-21(23-5-2)24-14-17-9-6-8-16(3)12-17;/h6-13H,4-5,14-15H2,1-3H3,(H,22,26)(H2,23,24,25);1H. The van der Waals surface area contributed by atoms with E-state index in [1.807, 2.05) is 44.2 Å². The van der Waals surface area contributed by atoms with Crippen LogP contribution in [0.25, 0.3) is 0 Å². The minimum atomic E-state index is -0.0469. The van der Waals surface area contributed by atoms with Crippen molar-refractivity contribution in [1.29, 1.82) is 0 Å². The first-order chi connectivity index (χ1) is 12.6. The molecule has 2 rings (SSSR count). The van der Waals surface area contributed by atoms with Crippen LogP contribution < -0.4 is 16.0 Å². The van der Waals surface area contributed by atoms with E-state index in [0.717, 1.165) is 18.1 Å². The van der Waals surface area contributed by atoms with Crippen molar-refractivity contribution in [1.82, 2.24) is 16.0 Å². The van der Waals surface area contributed by atoms with Crippen molar-refractivity contribution in [2.24, 2.45) is 4.99 Å². The van der Waals surface area contributed by atoms with E-state index >= 15 is 0 Å². The van der Waals surface area contributed by atoms with Gasteiger partial charge in [0.15, 0.2) is 5.96 Å². The zero-order chi connectivity index (χ0) is 18.8. The molecule has 0 aliphatic rings. The highest BCUT2D eigenvalue weighted by Gasteiger charge is 2.05. The van der Waals surface area contributed by atoms with E-state index in [0.29, 0.717) is 25.2 Å². The number of guanidine groups is 1. The van der Waals surface area contributed by atoms with Crippen LogP contribution in [0.5, 0.6) is 0 Å². The van der Waals surface area contributed by atoms with E-state index in [-0.39, 0.29) is 29.9 Å². The molecule has 6 heteroatoms. The second-order valence-electron chi connectivity index (χ2n) is 6.10. The summed E-state index contributed by atoms with van der Waals surface area (Å²) in [6.45, 7) is 8.67. The summed E-state index contributed by atoms with van der Waals surface area (Å²) < 4.78 is 0. The van der Waals surface area contributed by atoms with Crippen LogP contribution in [0.1, 0.15) is 40.9 Å². The number of nitrogens with one attached hydrogen (secondary N) is 3. The lowest BCUT2D eigenvalue weighted by Crippen LogP contribution is -2.36. The molecule has 0 bridgehead atoms. The van der Waals surface area contributed by atoms with Crippen molar-refractivity contribution in [3.63, 3.8) is 0 Å². The van der Waals surface area contributed by atoms with Crippen LogP contribution in [-0.4, -0.2) is 25.0 Å². The summed E-state index contributed by atoms with van der Waals surface area (Å²) in [5.41, 5.74) is 4.13. The van der Waals surface area contributed by atoms with E-state index in [1.54, 1.807) is 0 Å². The summed E-state index contributed by atoms with van der Waals surface area (Å²) in [6, 6.07) is 16.0. The minimum Gasteiger partial charge on any atom is -0.357 e. The molecule has 0 aliphatic carbocycles. The maximum atomic E-state index is 12.0. The Labute approximate surface area is 179 Å². The molecule has 0 radical (unpaired) electrons. The molecule has 0 heterocycles. The molecule has 0 fully saturated rings. The lowest BCUT2D eigenvalue weighted by molar-refractivity contribution is 0.0955. The summed E-state index contributed by atoms with van der Waals surface area (Å²) in [5.74, 6) is 0.715. The smallest absolute Gasteiger partial charge is 0.251 e. The van der Waals surface area contributed by atoms with E-state index < -0.39 is 0 Å². The summed E-state index contributed by atoms with van der Waals surface area (Å²) in [6.07, 6.45) is 0. The molecule has 27 heavy (non-hydrogen) atoms. The highest BCUT2D eigenvalue weighted by atomic mass is 127. The van der Waals surface area contributed by atoms with Gasteiger partial charge in [-0.05, 0) is 44.0 Å². The van der Waals surface area contributed by atoms with Crippen LogP contribution in [0.15, 0.2) is 53.5 Å². The SMILES string of the molecule is CCNC(=O)c1cccc(CNC(=NCc2cccc(C)c2)NCC)c1.I. The number of benzene rings is 2. The van der Waals surface area contributed by atoms with Gasteiger partial charge < -0.3 is 16.0 Å². The van der Waals surface area contributed by atoms with Gasteiger partial charge in [-0.2, -0.15) is 0 Å². The van der Waals surface area contributed by atoms with Crippen molar-refractivity contribution < 1.29 is 4.79 Å². The van der Waals surface area contributed by atoms with Crippen LogP contribution in [0.4, 0.5) is 0 Å². The van der Waals surface area contributed by atoms with Gasteiger partial charge in [-0.25, -0.2) is 4.99 Å². The summed E-state index contributed by atoms with van der Waals surface area (Å²) in [5, 5.41) is 9.40. The van der Waals surface area contributed by atoms with Gasteiger partial charge in [0.2, 0.25) is 0 Å². The summed E-state index contributed by atoms with van der Waals surface area (Å²) >= 11 is 0. The zero-order valence-electron chi connectivity index (χ0n) is 16.2. The number of nitrogens with zero attached hydrogens (tertiary/aromatic N) is 1. The number of halogens is 1. The third-order valence-electron chi connectivity index (χ3n) is 3.83. The fourth-order valence-electron chi connectivity index (χ4n) is 2.59. The molecule has 2 aromatic carbocycles. The van der Waals surface area contributed by atoms with Crippen LogP contribution in [0, 0.1) is 6.92 Å². The number of aryl methyl sites for hydroxylation is 1. The van der Waals surface area contributed by atoms with Crippen molar-refractivity contribution in [2.75, 3.05) is 13.1 Å². The Morgan fingerprint density at radius 2 is 1.63 bits per heavy atom. The largest absolute Gasteiger partial charge is 0.357 e. The molecule has 0 aliphatic heterocycles. The van der Waals surface area contributed by atoms with E-state index in [2.05, 4.69) is 46.1 Å². The van der Waals surface area contributed by atoms with E-state index in [4.69, 9.17) is 0 Å². The first-order valence-electron chi connectivity index (χ1n) is 9.07. The second kappa shape index (κ2) is 12.3. The number of hydrogen-bond acceptors (Lipinski definition) is 2. The Kier molecular flexibility index (Phi) is 10.5. The Bertz CT molecular complexity index is 761. The van der Waals surface area contributed by atoms with Gasteiger partial charge in [0, 0.05) is 25.2 Å². The molecule has 2 aromatic rings. The van der Waals surface area contributed by atoms with Gasteiger partial charge in [0.05, 0.1) is 6.54 Å². The third kappa shape index (κ3) is 7.99. The van der Waals surface area contributed by atoms with Crippen molar-refractivity contribution in [2.45, 2.75) is 33.9 Å². The van der Waals surface area contributed by atoms with E-state index in [9.17, 15) is 4.79 Å². The molecular weight excluding hydrogens is 451 g/mol. The molecule has 0 unspecified atom stereocenters. The molecule has 146 valence electrons. The quantitative estimate of drug-likeness (QED) is 0.322. The minimum absolute atomic E-state index is 0. The van der Waals surface area contributed by atoms with Gasteiger partial charge in [-0.3, -0.25) is 4.79 Å². The van der Waals surface area contributed by atoms with Crippen molar-refractivity contribution >= 4 is 35.8 Å². The van der Waals surface area contributed by atoms with Crippen LogP contribution >= 0.6 is 24.0 Å². The molecule has 0 saturated heterocycles. The Morgan fingerprint density at radius 1 is 0.926 bits per heavy atom. The maximum absolute atomic E-state index is 12.0. The monoisotopic (exact) mass is 480 g/mol. The van der Waals surface area contributed by atoms with Gasteiger partial charge in [0.25, 0.3) is 5.91 Å². The highest BCUT2D eigenvalue weighted by Crippen LogP contribution is 2.06. The lowest BCUT2D eigenvalue weighted by Gasteiger charge is -2.12. The number of rotatable bonds is 7. The number of carbonyl (C=O) groups excluding carboxylic acids is 1. The molecule has 5 nitrogen and oxygen atoms in total. The fourth-order valence-corrected chi connectivity index (χ4v) is 2.59. The van der Waals surface area contributed by atoms with Gasteiger partial charge >= 0.3 is 0 Å². The van der Waals surface area contributed by atoms with E-state index in [1.165, 1.54) is 11.1 Å². The highest BCUT2D eigenvalue weighted by molar-refractivity contribution is 14.0. The second-order valence-corrected chi connectivity index (χ2v) is 6.10. The topological polar surface area (TPSA) is 65.5 Å². The molecule has 0 saturated carbocycles. The Balaban J connectivity index is 0.00000364. The van der Waals surface area contributed by atoms with Crippen LogP contribution in [0.2, 0.25) is 0 Å². The lowest BCUT2D eigenvalue weighted by atomic mass is 10.1. The summed E-state index contributed by atoms with van der Waals surface area (Å²) in [4.78, 5) is 16.6. The first-order valence-corrected chi connectivity index (χ1v) is 9.07. The fraction of sp³-hybridized carbons (Fsp3) is 0.333. The molecule has 3 N–H and O–H groups in total. The Morgan fingerprint density at radius 3 is 2.33 bits per heavy atom. The van der Waals surface area contributed by atoms with Gasteiger partial charge in [-0.15, -0.1) is 24.0 Å². The number of amides is 1. The molecule has 1 amide bonds. The normalized spacial score (nSPS) is 10.7. The van der Waals surface area contributed by atoms with Crippen molar-refractivity contribution in [3.8, 4) is 0 Å². The van der Waals surface area contributed by atoms with Gasteiger partial charge in [-0.1, -0.05) is 42.0 Å². The number of hydrogen-bond donors (Lipinski definition) is 3. The predicted molar refractivity (Wildman–Crippen MR) is 123 cm³/mol. The number of carbonyl (C=O) groups is 1. The zero-order valence-corrected chi connectivity index (χ0v) is 18.5. The van der Waals surface area contributed by atoms with Crippen LogP contribution in [0.3, 0.4) is 0 Å². The average Bonchev–Trinajstić information content (AvgIpc) is 2.64. The molecular formula is C21H29IN4O. The third-order valence-corrected chi connectivity index (χ3v) is 3.83. The van der Waals surface area contributed by atoms with Crippen molar-refractivity contribution in [3.05, 3.63) is 70.8 Å². The number of aliphatic imine (C=N–C) groups is 1. The predicted octanol–water partition coefficient (Wildman–Crippen LogP) is 3.62. The average molecular weight is 480 g/mol.